The standard InChI is InChI=1S/C13H19N5O/c1-3-18(7-10-5-4-6-14-10)12-11-9(2)17-19-13(11)16-8-15-12/h8,10,14H,3-7H2,1-2H3. The summed E-state index contributed by atoms with van der Waals surface area (Å²) in [7, 11) is 0. The number of hydrogen-bond acceptors (Lipinski definition) is 6. The average molecular weight is 261 g/mol. The maximum absolute atomic E-state index is 5.21. The van der Waals surface area contributed by atoms with Crippen LogP contribution >= 0.6 is 0 Å². The van der Waals surface area contributed by atoms with Crippen LogP contribution in [0.3, 0.4) is 0 Å². The van der Waals surface area contributed by atoms with E-state index in [-0.39, 0.29) is 0 Å². The molecule has 19 heavy (non-hydrogen) atoms. The van der Waals surface area contributed by atoms with Gasteiger partial charge in [0.05, 0.1) is 5.69 Å². The molecule has 0 radical (unpaired) electrons. The molecule has 2 aromatic rings. The number of aryl methyl sites for hydroxylation is 1. The second-order valence-corrected chi connectivity index (χ2v) is 4.98. The van der Waals surface area contributed by atoms with Crippen LogP contribution in [0.15, 0.2) is 10.9 Å². The highest BCUT2D eigenvalue weighted by atomic mass is 16.5. The molecule has 0 saturated carbocycles. The Bertz CT molecular complexity index is 561. The first kappa shape index (κ1) is 12.3. The number of nitrogens with one attached hydrogen (secondary N) is 1. The Kier molecular flexibility index (Phi) is 3.33. The second kappa shape index (κ2) is 5.13. The van der Waals surface area contributed by atoms with Crippen molar-refractivity contribution in [3.63, 3.8) is 0 Å². The maximum atomic E-state index is 5.21. The van der Waals surface area contributed by atoms with Crippen molar-refractivity contribution in [3.8, 4) is 0 Å². The van der Waals surface area contributed by atoms with E-state index >= 15 is 0 Å². The molecule has 2 aromatic heterocycles. The Hall–Kier alpha value is -1.69. The summed E-state index contributed by atoms with van der Waals surface area (Å²) >= 11 is 0. The van der Waals surface area contributed by atoms with Gasteiger partial charge in [0, 0.05) is 19.1 Å². The minimum atomic E-state index is 0.546. The highest BCUT2D eigenvalue weighted by Gasteiger charge is 2.21. The van der Waals surface area contributed by atoms with Gasteiger partial charge >= 0.3 is 0 Å². The van der Waals surface area contributed by atoms with Crippen LogP contribution in [0, 0.1) is 6.92 Å². The van der Waals surface area contributed by atoms with Crippen LogP contribution in [0.2, 0.25) is 0 Å². The fourth-order valence-corrected chi connectivity index (χ4v) is 2.69. The van der Waals surface area contributed by atoms with Gasteiger partial charge in [-0.2, -0.15) is 4.98 Å². The first-order valence-electron chi connectivity index (χ1n) is 6.85. The highest BCUT2D eigenvalue weighted by molar-refractivity contribution is 5.87. The van der Waals surface area contributed by atoms with Crippen LogP contribution < -0.4 is 10.2 Å². The largest absolute Gasteiger partial charge is 0.355 e. The Morgan fingerprint density at radius 2 is 2.37 bits per heavy atom. The van der Waals surface area contributed by atoms with Crippen molar-refractivity contribution in [3.05, 3.63) is 12.0 Å². The van der Waals surface area contributed by atoms with E-state index in [0.29, 0.717) is 11.8 Å². The number of fused-ring (bicyclic) bond motifs is 1. The fraction of sp³-hybridized carbons (Fsp3) is 0.615. The average Bonchev–Trinajstić information content (AvgIpc) is 3.06. The monoisotopic (exact) mass is 261 g/mol. The third-order valence-electron chi connectivity index (χ3n) is 3.71. The summed E-state index contributed by atoms with van der Waals surface area (Å²) in [5.41, 5.74) is 1.42. The summed E-state index contributed by atoms with van der Waals surface area (Å²) in [6.45, 7) is 7.07. The molecule has 3 rings (SSSR count). The van der Waals surface area contributed by atoms with E-state index in [2.05, 4.69) is 32.3 Å². The van der Waals surface area contributed by atoms with E-state index < -0.39 is 0 Å². The zero-order valence-electron chi connectivity index (χ0n) is 11.4. The molecule has 6 heteroatoms. The van der Waals surface area contributed by atoms with Crippen LogP contribution in [-0.4, -0.2) is 40.8 Å². The third kappa shape index (κ3) is 2.28. The van der Waals surface area contributed by atoms with Crippen LogP contribution in [0.5, 0.6) is 0 Å². The third-order valence-corrected chi connectivity index (χ3v) is 3.71. The predicted octanol–water partition coefficient (Wildman–Crippen LogP) is 1.50. The van der Waals surface area contributed by atoms with Crippen LogP contribution in [0.4, 0.5) is 5.82 Å². The fourth-order valence-electron chi connectivity index (χ4n) is 2.69. The van der Waals surface area contributed by atoms with Gasteiger partial charge in [-0.1, -0.05) is 5.16 Å². The summed E-state index contributed by atoms with van der Waals surface area (Å²) in [5, 5.41) is 8.44. The van der Waals surface area contributed by atoms with Crippen molar-refractivity contribution in [1.82, 2.24) is 20.4 Å². The molecule has 0 aliphatic carbocycles. The first-order chi connectivity index (χ1) is 9.29. The Morgan fingerprint density at radius 1 is 1.47 bits per heavy atom. The molecule has 1 aliphatic heterocycles. The minimum Gasteiger partial charge on any atom is -0.355 e. The lowest BCUT2D eigenvalue weighted by atomic mass is 10.2. The van der Waals surface area contributed by atoms with E-state index in [1.807, 2.05) is 6.92 Å². The molecule has 1 saturated heterocycles. The van der Waals surface area contributed by atoms with Crippen molar-refractivity contribution < 1.29 is 4.52 Å². The lowest BCUT2D eigenvalue weighted by Crippen LogP contribution is -2.38. The zero-order chi connectivity index (χ0) is 13.2. The van der Waals surface area contributed by atoms with E-state index in [4.69, 9.17) is 4.52 Å². The lowest BCUT2D eigenvalue weighted by molar-refractivity contribution is 0.442. The molecule has 6 nitrogen and oxygen atoms in total. The molecular formula is C13H19N5O. The predicted molar refractivity (Wildman–Crippen MR) is 73.2 cm³/mol. The summed E-state index contributed by atoms with van der Waals surface area (Å²) in [6.07, 6.45) is 4.04. The van der Waals surface area contributed by atoms with Gasteiger partial charge in [0.15, 0.2) is 0 Å². The van der Waals surface area contributed by atoms with Crippen LogP contribution in [-0.2, 0) is 0 Å². The minimum absolute atomic E-state index is 0.546. The molecule has 1 fully saturated rings. The van der Waals surface area contributed by atoms with Gasteiger partial charge in [-0.05, 0) is 33.2 Å². The SMILES string of the molecule is CCN(CC1CCCN1)c1ncnc2onc(C)c12. The number of likely N-dealkylation sites (N-methyl/N-ethyl adjacent to an activating group) is 1. The van der Waals surface area contributed by atoms with E-state index in [9.17, 15) is 0 Å². The van der Waals surface area contributed by atoms with Gasteiger partial charge in [-0.25, -0.2) is 4.98 Å². The molecule has 102 valence electrons. The smallest absolute Gasteiger partial charge is 0.263 e. The number of rotatable bonds is 4. The normalized spacial score (nSPS) is 19.2. The van der Waals surface area contributed by atoms with Crippen molar-refractivity contribution in [2.45, 2.75) is 32.7 Å². The van der Waals surface area contributed by atoms with Crippen molar-refractivity contribution in [2.75, 3.05) is 24.5 Å². The molecule has 1 aliphatic rings. The van der Waals surface area contributed by atoms with E-state index in [1.54, 1.807) is 6.33 Å². The Balaban J connectivity index is 1.93. The van der Waals surface area contributed by atoms with Gasteiger partial charge in [-0.3, -0.25) is 0 Å². The second-order valence-electron chi connectivity index (χ2n) is 4.98. The van der Waals surface area contributed by atoms with E-state index in [1.165, 1.54) is 12.8 Å². The van der Waals surface area contributed by atoms with Gasteiger partial charge < -0.3 is 14.7 Å². The lowest BCUT2D eigenvalue weighted by Gasteiger charge is -2.25. The van der Waals surface area contributed by atoms with Gasteiger partial charge in [0.2, 0.25) is 0 Å². The highest BCUT2D eigenvalue weighted by Crippen LogP contribution is 2.26. The van der Waals surface area contributed by atoms with Gasteiger partial charge in [0.1, 0.15) is 17.5 Å². The van der Waals surface area contributed by atoms with Crippen molar-refractivity contribution in [2.24, 2.45) is 0 Å². The zero-order valence-corrected chi connectivity index (χ0v) is 11.4. The summed E-state index contributed by atoms with van der Waals surface area (Å²) in [4.78, 5) is 10.8. The number of hydrogen-bond donors (Lipinski definition) is 1. The summed E-state index contributed by atoms with van der Waals surface area (Å²) in [5.74, 6) is 0.931. The van der Waals surface area contributed by atoms with Crippen molar-refractivity contribution >= 4 is 16.9 Å². The molecule has 0 aromatic carbocycles. The molecule has 0 spiro atoms. The van der Waals surface area contributed by atoms with Gasteiger partial charge in [-0.15, -0.1) is 0 Å². The van der Waals surface area contributed by atoms with E-state index in [0.717, 1.165) is 36.5 Å². The number of nitrogens with zero attached hydrogens (tertiary/aromatic N) is 4. The molecule has 1 unspecified atom stereocenters. The topological polar surface area (TPSA) is 67.1 Å². The summed E-state index contributed by atoms with van der Waals surface area (Å²) in [6, 6.07) is 0.546. The Morgan fingerprint density at radius 3 is 3.11 bits per heavy atom. The van der Waals surface area contributed by atoms with Gasteiger partial charge in [0.25, 0.3) is 5.71 Å². The Labute approximate surface area is 112 Å². The number of aromatic nitrogens is 3. The molecule has 0 bridgehead atoms. The first-order valence-corrected chi connectivity index (χ1v) is 6.85. The quantitative estimate of drug-likeness (QED) is 0.899. The number of anilines is 1. The molecule has 0 amide bonds. The molecular weight excluding hydrogens is 242 g/mol. The van der Waals surface area contributed by atoms with Crippen molar-refractivity contribution in [1.29, 1.82) is 0 Å². The molecule has 1 N–H and O–H groups in total. The van der Waals surface area contributed by atoms with Crippen LogP contribution in [0.25, 0.3) is 11.1 Å². The summed E-state index contributed by atoms with van der Waals surface area (Å²) < 4.78 is 5.21. The molecule has 3 heterocycles. The molecule has 1 atom stereocenters. The maximum Gasteiger partial charge on any atom is 0.263 e. The van der Waals surface area contributed by atoms with Crippen LogP contribution in [0.1, 0.15) is 25.5 Å².